The summed E-state index contributed by atoms with van der Waals surface area (Å²) in [7, 11) is 0. The second-order valence-electron chi connectivity index (χ2n) is 8.69. The zero-order valence-electron chi connectivity index (χ0n) is 19.7. The lowest BCUT2D eigenvalue weighted by molar-refractivity contribution is -0.122. The topological polar surface area (TPSA) is 92.2 Å². The number of rotatable bonds is 7. The summed E-state index contributed by atoms with van der Waals surface area (Å²) in [6.07, 6.45) is 0.232. The van der Waals surface area contributed by atoms with Gasteiger partial charge < -0.3 is 15.0 Å². The molecule has 1 atom stereocenters. The van der Waals surface area contributed by atoms with Crippen LogP contribution < -0.4 is 15.0 Å². The molecule has 0 radical (unpaired) electrons. The van der Waals surface area contributed by atoms with Crippen LogP contribution in [0.5, 0.6) is 11.5 Å². The highest BCUT2D eigenvalue weighted by atomic mass is 32.1. The van der Waals surface area contributed by atoms with Crippen molar-refractivity contribution >= 4 is 29.7 Å². The molecule has 2 N–H and O–H groups in total. The zero-order chi connectivity index (χ0) is 25.1. The summed E-state index contributed by atoms with van der Waals surface area (Å²) in [6.45, 7) is 2.40. The Kier molecular flexibility index (Phi) is 6.64. The molecule has 1 aromatic heterocycles. The number of carbonyl (C=O) groups excluding carboxylic acids is 2. The molecule has 2 heterocycles. The smallest absolute Gasteiger partial charge is 0.240 e. The van der Waals surface area contributed by atoms with Crippen molar-refractivity contribution < 1.29 is 14.3 Å². The molecule has 1 aliphatic heterocycles. The zero-order valence-corrected chi connectivity index (χ0v) is 20.5. The fourth-order valence-corrected chi connectivity index (χ4v) is 4.46. The Morgan fingerprint density at radius 3 is 2.58 bits per heavy atom. The van der Waals surface area contributed by atoms with Gasteiger partial charge in [-0.25, -0.2) is 0 Å². The number of H-pyrrole nitrogens is 1. The quantitative estimate of drug-likeness (QED) is 0.362. The van der Waals surface area contributed by atoms with Gasteiger partial charge in [0.25, 0.3) is 0 Å². The van der Waals surface area contributed by atoms with Crippen LogP contribution in [0.25, 0.3) is 11.4 Å². The van der Waals surface area contributed by atoms with E-state index in [0.717, 1.165) is 22.6 Å². The Labute approximate surface area is 213 Å². The minimum Gasteiger partial charge on any atom is -0.457 e. The van der Waals surface area contributed by atoms with Crippen LogP contribution in [0.1, 0.15) is 12.0 Å². The van der Waals surface area contributed by atoms with E-state index in [1.54, 1.807) is 9.47 Å². The summed E-state index contributed by atoms with van der Waals surface area (Å²) in [5, 5.41) is 10.0. The Bertz CT molecular complexity index is 1450. The highest BCUT2D eigenvalue weighted by Crippen LogP contribution is 2.27. The van der Waals surface area contributed by atoms with Crippen LogP contribution in [-0.4, -0.2) is 39.2 Å². The molecule has 0 bridgehead atoms. The third kappa shape index (κ3) is 5.21. The highest BCUT2D eigenvalue weighted by Gasteiger charge is 2.31. The first-order chi connectivity index (χ1) is 17.5. The molecule has 182 valence electrons. The number of nitrogens with one attached hydrogen (secondary N) is 2. The van der Waals surface area contributed by atoms with E-state index in [2.05, 4.69) is 15.5 Å². The molecule has 5 rings (SSSR count). The number of carbonyl (C=O) groups is 2. The maximum Gasteiger partial charge on any atom is 0.240 e. The molecule has 0 spiro atoms. The predicted octanol–water partition coefficient (Wildman–Crippen LogP) is 4.63. The molecule has 9 heteroatoms. The van der Waals surface area contributed by atoms with Crippen molar-refractivity contribution in [1.29, 1.82) is 0 Å². The van der Waals surface area contributed by atoms with E-state index in [1.165, 1.54) is 0 Å². The minimum atomic E-state index is -0.297. The van der Waals surface area contributed by atoms with Gasteiger partial charge in [0.1, 0.15) is 18.0 Å². The number of aromatic nitrogens is 3. The van der Waals surface area contributed by atoms with Gasteiger partial charge in [0.05, 0.1) is 6.04 Å². The number of amides is 2. The van der Waals surface area contributed by atoms with Gasteiger partial charge in [0.2, 0.25) is 11.8 Å². The lowest BCUT2D eigenvalue weighted by atomic mass is 10.1. The monoisotopic (exact) mass is 499 g/mol. The first kappa shape index (κ1) is 23.5. The van der Waals surface area contributed by atoms with Crippen LogP contribution in [0.3, 0.4) is 0 Å². The lowest BCUT2D eigenvalue weighted by Crippen LogP contribution is -2.39. The maximum absolute atomic E-state index is 12.9. The Morgan fingerprint density at radius 2 is 1.83 bits per heavy atom. The molecule has 2 amide bonds. The van der Waals surface area contributed by atoms with Crippen molar-refractivity contribution in [2.24, 2.45) is 0 Å². The SMILES string of the molecule is Cc1cccc(-c2n[nH]c(=S)n2CC(=O)NC2CC(=O)N(c3ccc(Oc4ccccc4)cc3)C2)c1. The van der Waals surface area contributed by atoms with Gasteiger partial charge in [0, 0.05) is 24.2 Å². The number of ether oxygens (including phenoxy) is 1. The van der Waals surface area contributed by atoms with Crippen LogP contribution in [0.15, 0.2) is 78.9 Å². The fraction of sp³-hybridized carbons (Fsp3) is 0.185. The second-order valence-corrected chi connectivity index (χ2v) is 9.08. The largest absolute Gasteiger partial charge is 0.457 e. The van der Waals surface area contributed by atoms with E-state index in [0.29, 0.717) is 22.9 Å². The molecule has 3 aromatic carbocycles. The van der Waals surface area contributed by atoms with Crippen molar-refractivity contribution in [2.45, 2.75) is 25.9 Å². The number of benzene rings is 3. The van der Waals surface area contributed by atoms with Crippen LogP contribution in [0, 0.1) is 11.7 Å². The number of hydrogen-bond acceptors (Lipinski definition) is 5. The summed E-state index contributed by atoms with van der Waals surface area (Å²) >= 11 is 5.35. The molecule has 4 aromatic rings. The number of aryl methyl sites for hydroxylation is 1. The van der Waals surface area contributed by atoms with Gasteiger partial charge in [-0.3, -0.25) is 19.3 Å². The van der Waals surface area contributed by atoms with Crippen molar-refractivity contribution in [1.82, 2.24) is 20.1 Å². The first-order valence-electron chi connectivity index (χ1n) is 11.6. The van der Waals surface area contributed by atoms with E-state index in [-0.39, 0.29) is 30.8 Å². The summed E-state index contributed by atoms with van der Waals surface area (Å²) in [5.74, 6) is 1.75. The van der Waals surface area contributed by atoms with Crippen molar-refractivity contribution in [3.05, 3.63) is 89.2 Å². The average Bonchev–Trinajstić information content (AvgIpc) is 3.42. The number of anilines is 1. The van der Waals surface area contributed by atoms with E-state index in [9.17, 15) is 9.59 Å². The standard InChI is InChI=1S/C27H25N5O3S/c1-18-6-5-7-19(14-18)26-29-30-27(36)32(26)17-24(33)28-20-15-25(34)31(16-20)21-10-12-23(13-11-21)35-22-8-3-2-4-9-22/h2-14,20H,15-17H2,1H3,(H,28,33)(H,30,36). The number of aromatic amines is 1. The van der Waals surface area contributed by atoms with Crippen LogP contribution >= 0.6 is 12.2 Å². The Morgan fingerprint density at radius 1 is 1.08 bits per heavy atom. The molecular formula is C27H25N5O3S. The van der Waals surface area contributed by atoms with Crippen LogP contribution in [0.2, 0.25) is 0 Å². The molecule has 1 saturated heterocycles. The van der Waals surface area contributed by atoms with Crippen LogP contribution in [-0.2, 0) is 16.1 Å². The van der Waals surface area contributed by atoms with Gasteiger partial charge in [-0.15, -0.1) is 0 Å². The normalized spacial score (nSPS) is 15.2. The summed E-state index contributed by atoms with van der Waals surface area (Å²) in [5.41, 5.74) is 2.72. The number of para-hydroxylation sites is 1. The molecule has 1 fully saturated rings. The Balaban J connectivity index is 1.22. The summed E-state index contributed by atoms with van der Waals surface area (Å²) in [4.78, 5) is 27.2. The first-order valence-corrected chi connectivity index (χ1v) is 12.0. The van der Waals surface area contributed by atoms with Gasteiger partial charge in [-0.2, -0.15) is 5.10 Å². The molecule has 1 unspecified atom stereocenters. The third-order valence-corrected chi connectivity index (χ3v) is 6.27. The van der Waals surface area contributed by atoms with Crippen molar-refractivity contribution in [2.75, 3.05) is 11.4 Å². The van der Waals surface area contributed by atoms with E-state index >= 15 is 0 Å². The summed E-state index contributed by atoms with van der Waals surface area (Å²) in [6, 6.07) is 24.4. The van der Waals surface area contributed by atoms with Crippen molar-refractivity contribution in [3.8, 4) is 22.9 Å². The van der Waals surface area contributed by atoms with E-state index < -0.39 is 0 Å². The van der Waals surface area contributed by atoms with Gasteiger partial charge in [-0.1, -0.05) is 42.0 Å². The molecule has 8 nitrogen and oxygen atoms in total. The molecular weight excluding hydrogens is 474 g/mol. The fourth-order valence-electron chi connectivity index (χ4n) is 4.26. The Hall–Kier alpha value is -4.24. The highest BCUT2D eigenvalue weighted by molar-refractivity contribution is 7.71. The lowest BCUT2D eigenvalue weighted by Gasteiger charge is -2.18. The van der Waals surface area contributed by atoms with E-state index in [4.69, 9.17) is 17.0 Å². The molecule has 0 saturated carbocycles. The number of nitrogens with zero attached hydrogens (tertiary/aromatic N) is 3. The molecule has 1 aliphatic rings. The predicted molar refractivity (Wildman–Crippen MR) is 139 cm³/mol. The average molecular weight is 500 g/mol. The third-order valence-electron chi connectivity index (χ3n) is 5.95. The van der Waals surface area contributed by atoms with Gasteiger partial charge in [0.15, 0.2) is 10.6 Å². The van der Waals surface area contributed by atoms with Gasteiger partial charge >= 0.3 is 0 Å². The van der Waals surface area contributed by atoms with Gasteiger partial charge in [-0.05, 0) is 61.6 Å². The molecule has 36 heavy (non-hydrogen) atoms. The van der Waals surface area contributed by atoms with Crippen molar-refractivity contribution in [3.63, 3.8) is 0 Å². The molecule has 0 aliphatic carbocycles. The number of hydrogen-bond donors (Lipinski definition) is 2. The maximum atomic E-state index is 12.9. The van der Waals surface area contributed by atoms with E-state index in [1.807, 2.05) is 85.8 Å². The van der Waals surface area contributed by atoms with Crippen LogP contribution in [0.4, 0.5) is 5.69 Å². The minimum absolute atomic E-state index is 0.00875. The second kappa shape index (κ2) is 10.2. The summed E-state index contributed by atoms with van der Waals surface area (Å²) < 4.78 is 7.86.